The Balaban J connectivity index is 1.49. The van der Waals surface area contributed by atoms with E-state index in [4.69, 9.17) is 0 Å². The van der Waals surface area contributed by atoms with Crippen LogP contribution in [0, 0.1) is 0 Å². The summed E-state index contributed by atoms with van der Waals surface area (Å²) in [6.45, 7) is 3.17. The van der Waals surface area contributed by atoms with Crippen LogP contribution in [0.2, 0.25) is 0 Å². The van der Waals surface area contributed by atoms with Gasteiger partial charge in [0.15, 0.2) is 0 Å². The molecule has 3 aliphatic rings. The van der Waals surface area contributed by atoms with E-state index in [9.17, 15) is 14.4 Å². The lowest BCUT2D eigenvalue weighted by molar-refractivity contribution is -0.136. The number of carbonyl (C=O) groups excluding carboxylic acids is 3. The number of benzene rings is 1. The molecular weight excluding hydrogens is 344 g/mol. The molecular formula is C20H26N4O3. The molecule has 3 heterocycles. The number of piperidine rings is 1. The van der Waals surface area contributed by atoms with Crippen LogP contribution in [-0.4, -0.2) is 59.7 Å². The monoisotopic (exact) mass is 370 g/mol. The molecule has 0 aromatic heterocycles. The van der Waals surface area contributed by atoms with Gasteiger partial charge in [-0.15, -0.1) is 0 Å². The second-order valence-corrected chi connectivity index (χ2v) is 7.84. The molecule has 7 nitrogen and oxygen atoms in total. The Bertz CT molecular complexity index is 772. The van der Waals surface area contributed by atoms with Crippen LogP contribution in [-0.2, 0) is 22.7 Å². The van der Waals surface area contributed by atoms with E-state index >= 15 is 0 Å². The molecule has 0 bridgehead atoms. The number of rotatable bonds is 5. The molecule has 2 fully saturated rings. The minimum atomic E-state index is -0.559. The molecule has 3 aliphatic heterocycles. The molecule has 4 rings (SSSR count). The fraction of sp³-hybridized carbons (Fsp3) is 0.550. The first-order valence-corrected chi connectivity index (χ1v) is 9.70. The fourth-order valence-electron chi connectivity index (χ4n) is 4.47. The summed E-state index contributed by atoms with van der Waals surface area (Å²) in [4.78, 5) is 40.6. The molecule has 144 valence electrons. The van der Waals surface area contributed by atoms with Gasteiger partial charge in [-0.05, 0) is 44.0 Å². The Hall–Kier alpha value is -2.25. The number of nitrogens with zero attached hydrogens (tertiary/aromatic N) is 2. The zero-order valence-corrected chi connectivity index (χ0v) is 15.7. The van der Waals surface area contributed by atoms with Crippen molar-refractivity contribution in [3.05, 3.63) is 34.9 Å². The molecule has 7 heteroatoms. The minimum absolute atomic E-state index is 0.0949. The third-order valence-electron chi connectivity index (χ3n) is 5.77. The van der Waals surface area contributed by atoms with Gasteiger partial charge in [0.05, 0.1) is 0 Å². The standard InChI is InChI=1S/C20H26N4O3/c1-23(12-15-6-3-9-21-15)10-13-4-2-5-14-11-24(20(27)18(13)14)16-7-8-17(25)22-19(16)26/h2,4-5,15-16,21H,3,6-12H2,1H3,(H,22,25,26)/t15-,16?/m1/s1. The van der Waals surface area contributed by atoms with Crippen molar-refractivity contribution >= 4 is 17.7 Å². The molecule has 0 aliphatic carbocycles. The van der Waals surface area contributed by atoms with Crippen LogP contribution in [0.4, 0.5) is 0 Å². The first-order valence-electron chi connectivity index (χ1n) is 9.70. The van der Waals surface area contributed by atoms with Gasteiger partial charge in [0.2, 0.25) is 11.8 Å². The van der Waals surface area contributed by atoms with Crippen molar-refractivity contribution < 1.29 is 14.4 Å². The molecule has 1 aromatic rings. The van der Waals surface area contributed by atoms with E-state index in [1.54, 1.807) is 4.90 Å². The van der Waals surface area contributed by atoms with Gasteiger partial charge in [-0.25, -0.2) is 0 Å². The number of carbonyl (C=O) groups is 3. The van der Waals surface area contributed by atoms with E-state index in [1.807, 2.05) is 18.2 Å². The Morgan fingerprint density at radius 2 is 2.07 bits per heavy atom. The Labute approximate surface area is 159 Å². The maximum Gasteiger partial charge on any atom is 0.255 e. The highest BCUT2D eigenvalue weighted by molar-refractivity contribution is 6.05. The largest absolute Gasteiger partial charge is 0.322 e. The summed E-state index contributed by atoms with van der Waals surface area (Å²) in [5.74, 6) is -0.718. The highest BCUT2D eigenvalue weighted by Gasteiger charge is 2.40. The van der Waals surface area contributed by atoms with Gasteiger partial charge in [0, 0.05) is 37.7 Å². The number of amides is 3. The summed E-state index contributed by atoms with van der Waals surface area (Å²) < 4.78 is 0. The normalized spacial score (nSPS) is 25.3. The quantitative estimate of drug-likeness (QED) is 0.743. The van der Waals surface area contributed by atoms with Crippen LogP contribution < -0.4 is 10.6 Å². The maximum atomic E-state index is 13.1. The van der Waals surface area contributed by atoms with Crippen LogP contribution in [0.5, 0.6) is 0 Å². The molecule has 27 heavy (non-hydrogen) atoms. The first-order chi connectivity index (χ1) is 13.0. The topological polar surface area (TPSA) is 81.8 Å². The van der Waals surface area contributed by atoms with Crippen LogP contribution in [0.1, 0.15) is 47.2 Å². The van der Waals surface area contributed by atoms with E-state index in [2.05, 4.69) is 22.6 Å². The van der Waals surface area contributed by atoms with Crippen LogP contribution in [0.15, 0.2) is 18.2 Å². The lowest BCUT2D eigenvalue weighted by Gasteiger charge is -2.29. The van der Waals surface area contributed by atoms with Crippen molar-refractivity contribution in [2.45, 2.75) is 50.9 Å². The van der Waals surface area contributed by atoms with Crippen LogP contribution in [0.3, 0.4) is 0 Å². The summed E-state index contributed by atoms with van der Waals surface area (Å²) in [5, 5.41) is 5.86. The summed E-state index contributed by atoms with van der Waals surface area (Å²) in [7, 11) is 2.08. The van der Waals surface area contributed by atoms with E-state index in [1.165, 1.54) is 12.8 Å². The molecule has 2 atom stereocenters. The Morgan fingerprint density at radius 3 is 2.81 bits per heavy atom. The van der Waals surface area contributed by atoms with Crippen molar-refractivity contribution in [3.8, 4) is 0 Å². The van der Waals surface area contributed by atoms with E-state index in [-0.39, 0.29) is 24.1 Å². The van der Waals surface area contributed by atoms with Gasteiger partial charge >= 0.3 is 0 Å². The predicted molar refractivity (Wildman–Crippen MR) is 99.8 cm³/mol. The molecule has 0 radical (unpaired) electrons. The van der Waals surface area contributed by atoms with Crippen molar-refractivity contribution in [1.82, 2.24) is 20.4 Å². The number of hydrogen-bond donors (Lipinski definition) is 2. The molecule has 1 unspecified atom stereocenters. The summed E-state index contributed by atoms with van der Waals surface area (Å²) in [6.07, 6.45) is 3.09. The van der Waals surface area contributed by atoms with Gasteiger partial charge in [-0.1, -0.05) is 18.2 Å². The van der Waals surface area contributed by atoms with E-state index in [0.29, 0.717) is 25.6 Å². The summed E-state index contributed by atoms with van der Waals surface area (Å²) >= 11 is 0. The molecule has 1 aromatic carbocycles. The fourth-order valence-corrected chi connectivity index (χ4v) is 4.47. The molecule has 0 saturated carbocycles. The van der Waals surface area contributed by atoms with Crippen molar-refractivity contribution in [2.75, 3.05) is 20.1 Å². The lowest BCUT2D eigenvalue weighted by atomic mass is 10.0. The number of imide groups is 1. The highest BCUT2D eigenvalue weighted by atomic mass is 16.2. The van der Waals surface area contributed by atoms with E-state index < -0.39 is 6.04 Å². The number of hydrogen-bond acceptors (Lipinski definition) is 5. The first kappa shape index (κ1) is 18.1. The van der Waals surface area contributed by atoms with Crippen molar-refractivity contribution in [1.29, 1.82) is 0 Å². The highest BCUT2D eigenvalue weighted by Crippen LogP contribution is 2.30. The molecule has 3 amide bonds. The third kappa shape index (κ3) is 3.61. The SMILES string of the molecule is CN(Cc1cccc2c1C(=O)N(C1CCC(=O)NC1=O)C2)C[C@H]1CCCN1. The number of nitrogens with one attached hydrogen (secondary N) is 2. The third-order valence-corrected chi connectivity index (χ3v) is 5.77. The maximum absolute atomic E-state index is 13.1. The molecule has 0 spiro atoms. The van der Waals surface area contributed by atoms with Crippen molar-refractivity contribution in [3.63, 3.8) is 0 Å². The second-order valence-electron chi connectivity index (χ2n) is 7.84. The zero-order valence-electron chi connectivity index (χ0n) is 15.7. The van der Waals surface area contributed by atoms with Gasteiger partial charge in [0.1, 0.15) is 6.04 Å². The Kier molecular flexibility index (Phi) is 4.97. The average molecular weight is 370 g/mol. The number of fused-ring (bicyclic) bond motifs is 1. The number of likely N-dealkylation sites (N-methyl/N-ethyl adjacent to an activating group) is 1. The van der Waals surface area contributed by atoms with Crippen LogP contribution >= 0.6 is 0 Å². The van der Waals surface area contributed by atoms with Gasteiger partial charge < -0.3 is 15.1 Å². The lowest BCUT2D eigenvalue weighted by Crippen LogP contribution is -2.52. The average Bonchev–Trinajstić information content (AvgIpc) is 3.24. The van der Waals surface area contributed by atoms with Gasteiger partial charge in [0.25, 0.3) is 5.91 Å². The zero-order chi connectivity index (χ0) is 19.0. The second kappa shape index (κ2) is 7.40. The minimum Gasteiger partial charge on any atom is -0.322 e. The predicted octanol–water partition coefficient (Wildman–Crippen LogP) is 0.631. The Morgan fingerprint density at radius 1 is 1.22 bits per heavy atom. The van der Waals surface area contributed by atoms with Crippen molar-refractivity contribution in [2.24, 2.45) is 0 Å². The van der Waals surface area contributed by atoms with Gasteiger partial charge in [-0.2, -0.15) is 0 Å². The van der Waals surface area contributed by atoms with E-state index in [0.717, 1.165) is 29.8 Å². The summed E-state index contributed by atoms with van der Waals surface area (Å²) in [5.41, 5.74) is 2.70. The molecule has 2 N–H and O–H groups in total. The summed E-state index contributed by atoms with van der Waals surface area (Å²) in [6, 6.07) is 5.90. The van der Waals surface area contributed by atoms with Crippen LogP contribution in [0.25, 0.3) is 0 Å². The van der Waals surface area contributed by atoms with Gasteiger partial charge in [-0.3, -0.25) is 19.7 Å². The molecule has 2 saturated heterocycles. The smallest absolute Gasteiger partial charge is 0.255 e.